The zero-order valence-corrected chi connectivity index (χ0v) is 8.78. The van der Waals surface area contributed by atoms with E-state index in [4.69, 9.17) is 17.3 Å². The number of hydrogen-bond donors (Lipinski definition) is 2. The number of nitrogens with two attached hydrogens (primary N) is 1. The molecule has 0 heterocycles. The Balaban J connectivity index is 3.00. The van der Waals surface area contributed by atoms with Gasteiger partial charge in [-0.2, -0.15) is 0 Å². The second-order valence-corrected chi connectivity index (χ2v) is 3.14. The molecular formula is C9H10ClF2N3. The van der Waals surface area contributed by atoms with E-state index in [1.165, 1.54) is 0 Å². The van der Waals surface area contributed by atoms with Crippen LogP contribution in [0.4, 0.5) is 14.5 Å². The van der Waals surface area contributed by atoms with Crippen molar-refractivity contribution in [2.75, 3.05) is 11.9 Å². The van der Waals surface area contributed by atoms with Gasteiger partial charge in [0.15, 0.2) is 11.8 Å². The number of rotatable bonds is 2. The van der Waals surface area contributed by atoms with E-state index >= 15 is 0 Å². The van der Waals surface area contributed by atoms with Gasteiger partial charge in [0, 0.05) is 12.6 Å². The molecule has 0 bridgehead atoms. The summed E-state index contributed by atoms with van der Waals surface area (Å²) in [7, 11) is 0. The van der Waals surface area contributed by atoms with Gasteiger partial charge in [0.2, 0.25) is 0 Å². The summed E-state index contributed by atoms with van der Waals surface area (Å²) in [6, 6.07) is 1.71. The lowest BCUT2D eigenvalue weighted by atomic mass is 10.3. The summed E-state index contributed by atoms with van der Waals surface area (Å²) in [5.74, 6) is -1.52. The van der Waals surface area contributed by atoms with Crippen molar-refractivity contribution in [3.05, 3.63) is 28.8 Å². The number of aliphatic imine (C=N–C) groups is 1. The Bertz CT molecular complexity index is 370. The van der Waals surface area contributed by atoms with E-state index in [1.54, 1.807) is 6.92 Å². The first-order chi connectivity index (χ1) is 7.04. The molecule has 0 amide bonds. The molecule has 3 nitrogen and oxygen atoms in total. The number of benzene rings is 1. The van der Waals surface area contributed by atoms with Crippen LogP contribution in [0.1, 0.15) is 6.92 Å². The molecule has 0 spiro atoms. The number of nitrogens with zero attached hydrogens (tertiary/aromatic N) is 1. The van der Waals surface area contributed by atoms with Gasteiger partial charge in [-0.25, -0.2) is 8.78 Å². The minimum atomic E-state index is -0.811. The highest BCUT2D eigenvalue weighted by Crippen LogP contribution is 2.25. The maximum Gasteiger partial charge on any atom is 0.193 e. The lowest BCUT2D eigenvalue weighted by Gasteiger charge is -2.08. The van der Waals surface area contributed by atoms with Crippen molar-refractivity contribution >= 4 is 23.2 Å². The number of halogens is 3. The van der Waals surface area contributed by atoms with Gasteiger partial charge in [-0.15, -0.1) is 0 Å². The lowest BCUT2D eigenvalue weighted by molar-refractivity contribution is 0.586. The predicted molar refractivity (Wildman–Crippen MR) is 57.2 cm³/mol. The van der Waals surface area contributed by atoms with Crippen molar-refractivity contribution in [1.82, 2.24) is 0 Å². The van der Waals surface area contributed by atoms with Crippen LogP contribution in [0, 0.1) is 11.6 Å². The smallest absolute Gasteiger partial charge is 0.193 e. The van der Waals surface area contributed by atoms with Crippen LogP contribution in [-0.2, 0) is 0 Å². The summed E-state index contributed by atoms with van der Waals surface area (Å²) in [6.45, 7) is 2.23. The van der Waals surface area contributed by atoms with E-state index in [9.17, 15) is 8.78 Å². The van der Waals surface area contributed by atoms with Gasteiger partial charge in [0.25, 0.3) is 0 Å². The molecule has 0 atom stereocenters. The van der Waals surface area contributed by atoms with Gasteiger partial charge in [-0.3, -0.25) is 4.99 Å². The molecule has 0 aliphatic heterocycles. The molecule has 82 valence electrons. The van der Waals surface area contributed by atoms with Crippen LogP contribution >= 0.6 is 11.6 Å². The maximum atomic E-state index is 13.2. The molecule has 0 aliphatic rings. The number of guanidine groups is 1. The highest BCUT2D eigenvalue weighted by molar-refractivity contribution is 6.33. The zero-order valence-electron chi connectivity index (χ0n) is 8.02. The molecule has 0 aromatic heterocycles. The molecule has 0 radical (unpaired) electrons. The minimum absolute atomic E-state index is 0.0323. The summed E-state index contributed by atoms with van der Waals surface area (Å²) < 4.78 is 25.9. The molecular weight excluding hydrogens is 224 g/mol. The van der Waals surface area contributed by atoms with Crippen LogP contribution in [0.5, 0.6) is 0 Å². The summed E-state index contributed by atoms with van der Waals surface area (Å²) in [6.07, 6.45) is 0. The Morgan fingerprint density at radius 3 is 2.73 bits per heavy atom. The molecule has 1 rings (SSSR count). The number of nitrogens with one attached hydrogen (secondary N) is 1. The van der Waals surface area contributed by atoms with Gasteiger partial charge in [0.1, 0.15) is 5.82 Å². The largest absolute Gasteiger partial charge is 0.370 e. The Labute approximate surface area is 90.9 Å². The standard InChI is InChI=1S/C9H10ClF2N3/c1-2-14-9(13)15-8-6(10)3-5(11)4-7(8)12/h3-4H,2H2,1H3,(H3,13,14,15). The van der Waals surface area contributed by atoms with E-state index in [0.29, 0.717) is 12.6 Å². The van der Waals surface area contributed by atoms with E-state index in [1.807, 2.05) is 0 Å². The summed E-state index contributed by atoms with van der Waals surface area (Å²) in [4.78, 5) is 3.79. The summed E-state index contributed by atoms with van der Waals surface area (Å²) in [5, 5.41) is 2.38. The minimum Gasteiger partial charge on any atom is -0.370 e. The van der Waals surface area contributed by atoms with Crippen LogP contribution < -0.4 is 11.1 Å². The highest BCUT2D eigenvalue weighted by atomic mass is 35.5. The fraction of sp³-hybridized carbons (Fsp3) is 0.222. The Kier molecular flexibility index (Phi) is 3.85. The third kappa shape index (κ3) is 3.06. The zero-order chi connectivity index (χ0) is 11.4. The fourth-order valence-corrected chi connectivity index (χ4v) is 1.24. The average Bonchev–Trinajstić information content (AvgIpc) is 2.11. The molecule has 0 aliphatic carbocycles. The van der Waals surface area contributed by atoms with Crippen LogP contribution in [0.3, 0.4) is 0 Å². The molecule has 0 saturated heterocycles. The van der Waals surface area contributed by atoms with Crippen LogP contribution in [-0.4, -0.2) is 12.5 Å². The molecule has 0 fully saturated rings. The van der Waals surface area contributed by atoms with Crippen LogP contribution in [0.25, 0.3) is 0 Å². The van der Waals surface area contributed by atoms with Gasteiger partial charge < -0.3 is 11.1 Å². The maximum absolute atomic E-state index is 13.2. The Hall–Kier alpha value is -1.36. The monoisotopic (exact) mass is 233 g/mol. The van der Waals surface area contributed by atoms with Gasteiger partial charge in [-0.05, 0) is 13.0 Å². The van der Waals surface area contributed by atoms with Crippen molar-refractivity contribution in [2.45, 2.75) is 6.92 Å². The molecule has 1 aromatic carbocycles. The van der Waals surface area contributed by atoms with E-state index in [-0.39, 0.29) is 16.7 Å². The normalized spacial score (nSPS) is 11.6. The third-order valence-electron chi connectivity index (χ3n) is 1.59. The van der Waals surface area contributed by atoms with Crippen molar-refractivity contribution in [2.24, 2.45) is 10.7 Å². The molecule has 6 heteroatoms. The van der Waals surface area contributed by atoms with E-state index in [0.717, 1.165) is 6.07 Å². The number of hydrogen-bond acceptors (Lipinski definition) is 1. The molecule has 3 N–H and O–H groups in total. The van der Waals surface area contributed by atoms with E-state index in [2.05, 4.69) is 10.3 Å². The first-order valence-electron chi connectivity index (χ1n) is 4.26. The van der Waals surface area contributed by atoms with Crippen molar-refractivity contribution in [1.29, 1.82) is 0 Å². The highest BCUT2D eigenvalue weighted by Gasteiger charge is 2.10. The number of anilines is 1. The fourth-order valence-electron chi connectivity index (χ4n) is 1.000. The topological polar surface area (TPSA) is 50.4 Å². The second-order valence-electron chi connectivity index (χ2n) is 2.73. The predicted octanol–water partition coefficient (Wildman–Crippen LogP) is 2.36. The first kappa shape index (κ1) is 11.7. The van der Waals surface area contributed by atoms with Crippen molar-refractivity contribution < 1.29 is 8.78 Å². The SMILES string of the molecule is CCN=C(N)Nc1c(F)cc(F)cc1Cl. The van der Waals surface area contributed by atoms with Gasteiger partial charge in [-0.1, -0.05) is 11.6 Å². The molecule has 15 heavy (non-hydrogen) atoms. The third-order valence-corrected chi connectivity index (χ3v) is 1.89. The Morgan fingerprint density at radius 1 is 1.53 bits per heavy atom. The lowest BCUT2D eigenvalue weighted by Crippen LogP contribution is -2.23. The van der Waals surface area contributed by atoms with Crippen LogP contribution in [0.2, 0.25) is 5.02 Å². The average molecular weight is 234 g/mol. The van der Waals surface area contributed by atoms with Gasteiger partial charge >= 0.3 is 0 Å². The molecule has 0 saturated carbocycles. The van der Waals surface area contributed by atoms with Gasteiger partial charge in [0.05, 0.1) is 10.7 Å². The quantitative estimate of drug-likeness (QED) is 0.609. The molecule has 0 unspecified atom stereocenters. The van der Waals surface area contributed by atoms with Crippen molar-refractivity contribution in [3.63, 3.8) is 0 Å². The summed E-state index contributed by atoms with van der Waals surface area (Å²) in [5.41, 5.74) is 5.34. The Morgan fingerprint density at radius 2 is 2.20 bits per heavy atom. The summed E-state index contributed by atoms with van der Waals surface area (Å²) >= 11 is 5.63. The van der Waals surface area contributed by atoms with E-state index < -0.39 is 11.6 Å². The second kappa shape index (κ2) is 4.93. The first-order valence-corrected chi connectivity index (χ1v) is 4.64. The molecule has 1 aromatic rings. The van der Waals surface area contributed by atoms with Crippen LogP contribution in [0.15, 0.2) is 17.1 Å². The van der Waals surface area contributed by atoms with Crippen molar-refractivity contribution in [3.8, 4) is 0 Å².